The number of carbonyl (C=O) groups is 1. The number of nitrogens with one attached hydrogen (secondary N) is 1. The predicted octanol–water partition coefficient (Wildman–Crippen LogP) is 2.15. The lowest BCUT2D eigenvalue weighted by Gasteiger charge is -2.28. The lowest BCUT2D eigenvalue weighted by Crippen LogP contribution is -2.36. The average Bonchev–Trinajstić information content (AvgIpc) is 2.87. The van der Waals surface area contributed by atoms with Gasteiger partial charge in [-0.05, 0) is 30.9 Å². The van der Waals surface area contributed by atoms with E-state index in [0.29, 0.717) is 17.9 Å². The summed E-state index contributed by atoms with van der Waals surface area (Å²) in [6.07, 6.45) is 2.71. The van der Waals surface area contributed by atoms with Crippen molar-refractivity contribution in [1.29, 1.82) is 0 Å². The first-order valence-electron chi connectivity index (χ1n) is 6.95. The zero-order valence-corrected chi connectivity index (χ0v) is 11.5. The SMILES string of the molecule is CCc1[nH]nc(C(=O)N2CCCc3ccccc32)c1N. The summed E-state index contributed by atoms with van der Waals surface area (Å²) >= 11 is 0. The first kappa shape index (κ1) is 12.7. The van der Waals surface area contributed by atoms with Gasteiger partial charge in [0, 0.05) is 12.2 Å². The quantitative estimate of drug-likeness (QED) is 0.878. The number of hydrogen-bond acceptors (Lipinski definition) is 3. The van der Waals surface area contributed by atoms with Crippen LogP contribution in [-0.2, 0) is 12.8 Å². The van der Waals surface area contributed by atoms with Crippen molar-refractivity contribution < 1.29 is 4.79 Å². The molecule has 0 atom stereocenters. The molecule has 3 rings (SSSR count). The third-order valence-electron chi connectivity index (χ3n) is 3.79. The lowest BCUT2D eigenvalue weighted by molar-refractivity contribution is 0.0981. The molecule has 2 aromatic rings. The Morgan fingerprint density at radius 2 is 2.25 bits per heavy atom. The first-order chi connectivity index (χ1) is 9.72. The highest BCUT2D eigenvalue weighted by Crippen LogP contribution is 2.29. The van der Waals surface area contributed by atoms with Gasteiger partial charge in [-0.1, -0.05) is 25.1 Å². The van der Waals surface area contributed by atoms with Crippen LogP contribution in [0.25, 0.3) is 0 Å². The van der Waals surface area contributed by atoms with Gasteiger partial charge >= 0.3 is 0 Å². The molecule has 0 saturated carbocycles. The Hall–Kier alpha value is -2.30. The van der Waals surface area contributed by atoms with Crippen LogP contribution < -0.4 is 10.6 Å². The van der Waals surface area contributed by atoms with E-state index >= 15 is 0 Å². The molecule has 1 aromatic carbocycles. The van der Waals surface area contributed by atoms with Crippen molar-refractivity contribution in [3.63, 3.8) is 0 Å². The highest BCUT2D eigenvalue weighted by atomic mass is 16.2. The van der Waals surface area contributed by atoms with Crippen molar-refractivity contribution in [2.75, 3.05) is 17.2 Å². The lowest BCUT2D eigenvalue weighted by atomic mass is 10.0. The summed E-state index contributed by atoms with van der Waals surface area (Å²) in [6.45, 7) is 2.69. The number of fused-ring (bicyclic) bond motifs is 1. The van der Waals surface area contributed by atoms with E-state index < -0.39 is 0 Å². The molecular weight excluding hydrogens is 252 g/mol. The van der Waals surface area contributed by atoms with E-state index in [0.717, 1.165) is 30.6 Å². The fraction of sp³-hybridized carbons (Fsp3) is 0.333. The summed E-state index contributed by atoms with van der Waals surface area (Å²) in [5.74, 6) is -0.120. The van der Waals surface area contributed by atoms with Gasteiger partial charge in [-0.3, -0.25) is 9.89 Å². The van der Waals surface area contributed by atoms with Gasteiger partial charge in [0.15, 0.2) is 5.69 Å². The Bertz CT molecular complexity index is 647. The summed E-state index contributed by atoms with van der Waals surface area (Å²) < 4.78 is 0. The Balaban J connectivity index is 1.97. The van der Waals surface area contributed by atoms with E-state index in [-0.39, 0.29) is 5.91 Å². The molecule has 0 aliphatic carbocycles. The van der Waals surface area contributed by atoms with Gasteiger partial charge in [-0.15, -0.1) is 0 Å². The van der Waals surface area contributed by atoms with Crippen LogP contribution in [-0.4, -0.2) is 22.6 Å². The third-order valence-corrected chi connectivity index (χ3v) is 3.79. The Labute approximate surface area is 117 Å². The number of anilines is 2. The summed E-state index contributed by atoms with van der Waals surface area (Å²) in [7, 11) is 0. The largest absolute Gasteiger partial charge is 0.395 e. The third kappa shape index (κ3) is 1.95. The molecule has 5 nitrogen and oxygen atoms in total. The topological polar surface area (TPSA) is 75.0 Å². The molecular formula is C15H18N4O. The van der Waals surface area contributed by atoms with Crippen LogP contribution in [0.2, 0.25) is 0 Å². The van der Waals surface area contributed by atoms with E-state index in [9.17, 15) is 4.79 Å². The monoisotopic (exact) mass is 270 g/mol. The maximum atomic E-state index is 12.7. The number of para-hydroxylation sites is 1. The molecule has 3 N–H and O–H groups in total. The van der Waals surface area contributed by atoms with Crippen LogP contribution in [0.5, 0.6) is 0 Å². The molecule has 104 valence electrons. The van der Waals surface area contributed by atoms with Crippen molar-refractivity contribution >= 4 is 17.3 Å². The van der Waals surface area contributed by atoms with E-state index in [4.69, 9.17) is 5.73 Å². The van der Waals surface area contributed by atoms with Gasteiger partial charge in [0.1, 0.15) is 0 Å². The summed E-state index contributed by atoms with van der Waals surface area (Å²) in [4.78, 5) is 14.5. The second-order valence-corrected chi connectivity index (χ2v) is 5.01. The number of rotatable bonds is 2. The molecule has 1 aromatic heterocycles. The van der Waals surface area contributed by atoms with Gasteiger partial charge in [-0.2, -0.15) is 5.10 Å². The fourth-order valence-electron chi connectivity index (χ4n) is 2.69. The number of aryl methyl sites for hydroxylation is 2. The van der Waals surface area contributed by atoms with E-state index in [1.807, 2.05) is 25.1 Å². The minimum absolute atomic E-state index is 0.120. The fourth-order valence-corrected chi connectivity index (χ4v) is 2.69. The highest BCUT2D eigenvalue weighted by molar-refractivity contribution is 6.08. The molecule has 1 aliphatic rings. The molecule has 1 aliphatic heterocycles. The van der Waals surface area contributed by atoms with Crippen LogP contribution in [0, 0.1) is 0 Å². The molecule has 5 heteroatoms. The number of aromatic nitrogens is 2. The predicted molar refractivity (Wildman–Crippen MR) is 78.8 cm³/mol. The van der Waals surface area contributed by atoms with Gasteiger partial charge in [0.05, 0.1) is 11.4 Å². The number of nitrogen functional groups attached to an aromatic ring is 1. The zero-order valence-electron chi connectivity index (χ0n) is 11.5. The number of amides is 1. The molecule has 20 heavy (non-hydrogen) atoms. The standard InChI is InChI=1S/C15H18N4O/c1-2-11-13(16)14(18-17-11)15(20)19-9-5-7-10-6-3-4-8-12(10)19/h3-4,6,8H,2,5,7,9,16H2,1H3,(H,17,18). The number of hydrogen-bond donors (Lipinski definition) is 2. The molecule has 0 radical (unpaired) electrons. The van der Waals surface area contributed by atoms with E-state index in [2.05, 4.69) is 16.3 Å². The molecule has 1 amide bonds. The smallest absolute Gasteiger partial charge is 0.280 e. The summed E-state index contributed by atoms with van der Waals surface area (Å²) in [5.41, 5.74) is 9.80. The molecule has 2 heterocycles. The Morgan fingerprint density at radius 3 is 3.00 bits per heavy atom. The molecule has 0 bridgehead atoms. The van der Waals surface area contributed by atoms with E-state index in [1.165, 1.54) is 5.56 Å². The van der Waals surface area contributed by atoms with Gasteiger partial charge < -0.3 is 10.6 Å². The van der Waals surface area contributed by atoms with Crippen molar-refractivity contribution in [3.8, 4) is 0 Å². The molecule has 0 unspecified atom stereocenters. The minimum atomic E-state index is -0.120. The summed E-state index contributed by atoms with van der Waals surface area (Å²) in [6, 6.07) is 8.01. The number of benzene rings is 1. The van der Waals surface area contributed by atoms with Crippen molar-refractivity contribution in [2.24, 2.45) is 0 Å². The maximum absolute atomic E-state index is 12.7. The number of carbonyl (C=O) groups excluding carboxylic acids is 1. The molecule has 0 spiro atoms. The second-order valence-electron chi connectivity index (χ2n) is 5.01. The Kier molecular flexibility index (Phi) is 3.18. The van der Waals surface area contributed by atoms with Crippen LogP contribution in [0.4, 0.5) is 11.4 Å². The van der Waals surface area contributed by atoms with Crippen LogP contribution in [0.15, 0.2) is 24.3 Å². The number of nitrogens with two attached hydrogens (primary N) is 1. The number of aromatic amines is 1. The Morgan fingerprint density at radius 1 is 1.45 bits per heavy atom. The number of nitrogens with zero attached hydrogens (tertiary/aromatic N) is 2. The van der Waals surface area contributed by atoms with Crippen molar-refractivity contribution in [1.82, 2.24) is 10.2 Å². The van der Waals surface area contributed by atoms with Crippen molar-refractivity contribution in [3.05, 3.63) is 41.2 Å². The van der Waals surface area contributed by atoms with Crippen molar-refractivity contribution in [2.45, 2.75) is 26.2 Å². The first-order valence-corrected chi connectivity index (χ1v) is 6.95. The number of H-pyrrole nitrogens is 1. The average molecular weight is 270 g/mol. The van der Waals surface area contributed by atoms with Gasteiger partial charge in [0.2, 0.25) is 0 Å². The summed E-state index contributed by atoms with van der Waals surface area (Å²) in [5, 5.41) is 6.94. The van der Waals surface area contributed by atoms with Crippen LogP contribution in [0.3, 0.4) is 0 Å². The second kappa shape index (κ2) is 5.00. The maximum Gasteiger partial charge on any atom is 0.280 e. The molecule has 0 fully saturated rings. The van der Waals surface area contributed by atoms with E-state index in [1.54, 1.807) is 4.90 Å². The van der Waals surface area contributed by atoms with Crippen LogP contribution in [0.1, 0.15) is 35.1 Å². The van der Waals surface area contributed by atoms with Gasteiger partial charge in [-0.25, -0.2) is 0 Å². The van der Waals surface area contributed by atoms with Gasteiger partial charge in [0.25, 0.3) is 5.91 Å². The molecule has 0 saturated heterocycles. The zero-order chi connectivity index (χ0) is 14.1. The highest BCUT2D eigenvalue weighted by Gasteiger charge is 2.27. The normalized spacial score (nSPS) is 14.2. The van der Waals surface area contributed by atoms with Crippen LogP contribution >= 0.6 is 0 Å². The minimum Gasteiger partial charge on any atom is -0.395 e.